The van der Waals surface area contributed by atoms with Crippen LogP contribution >= 0.6 is 0 Å². The molecule has 13 heavy (non-hydrogen) atoms. The van der Waals surface area contributed by atoms with Gasteiger partial charge in [-0.2, -0.15) is 0 Å². The van der Waals surface area contributed by atoms with E-state index in [0.29, 0.717) is 6.42 Å². The molecule has 0 amide bonds. The first-order chi connectivity index (χ1) is 6.13. The van der Waals surface area contributed by atoms with Crippen LogP contribution in [0.25, 0.3) is 0 Å². The van der Waals surface area contributed by atoms with Crippen molar-refractivity contribution in [3.05, 3.63) is 11.3 Å². The van der Waals surface area contributed by atoms with Crippen LogP contribution < -0.4 is 0 Å². The molecule has 0 radical (unpaired) electrons. The van der Waals surface area contributed by atoms with E-state index in [4.69, 9.17) is 0 Å². The highest BCUT2D eigenvalue weighted by molar-refractivity contribution is 5.95. The van der Waals surface area contributed by atoms with Crippen LogP contribution in [0.1, 0.15) is 45.4 Å². The summed E-state index contributed by atoms with van der Waals surface area (Å²) in [4.78, 5) is 11.3. The number of fused-ring (bicyclic) bond motifs is 1. The van der Waals surface area contributed by atoms with Gasteiger partial charge in [0.15, 0.2) is 11.5 Å². The normalized spacial score (nSPS) is 34.7. The molecule has 0 spiro atoms. The van der Waals surface area contributed by atoms with Crippen molar-refractivity contribution in [2.45, 2.75) is 45.4 Å². The van der Waals surface area contributed by atoms with Crippen LogP contribution in [0.2, 0.25) is 0 Å². The zero-order chi connectivity index (χ0) is 9.47. The maximum absolute atomic E-state index is 11.3. The summed E-state index contributed by atoms with van der Waals surface area (Å²) < 4.78 is 0. The zero-order valence-corrected chi connectivity index (χ0v) is 8.10. The third-order valence-corrected chi connectivity index (χ3v) is 3.59. The number of aliphatic hydroxyl groups is 1. The van der Waals surface area contributed by atoms with Crippen LogP contribution in [0.15, 0.2) is 11.3 Å². The third kappa shape index (κ3) is 1.28. The summed E-state index contributed by atoms with van der Waals surface area (Å²) in [6.45, 7) is 2.18. The largest absolute Gasteiger partial charge is 0.504 e. The molecule has 2 nitrogen and oxygen atoms in total. The van der Waals surface area contributed by atoms with E-state index in [1.807, 2.05) is 0 Å². The summed E-state index contributed by atoms with van der Waals surface area (Å²) in [5.74, 6) is 0.0443. The molecule has 0 aromatic carbocycles. The van der Waals surface area contributed by atoms with Gasteiger partial charge in [-0.1, -0.05) is 13.3 Å². The molecule has 1 N–H and O–H groups in total. The van der Waals surface area contributed by atoms with E-state index in [9.17, 15) is 9.90 Å². The van der Waals surface area contributed by atoms with Gasteiger partial charge in [-0.3, -0.25) is 4.79 Å². The summed E-state index contributed by atoms with van der Waals surface area (Å²) in [5, 5.41) is 9.67. The summed E-state index contributed by atoms with van der Waals surface area (Å²) in [5.41, 5.74) is 1.17. The molecular weight excluding hydrogens is 164 g/mol. The second-order valence-electron chi connectivity index (χ2n) is 4.52. The van der Waals surface area contributed by atoms with Gasteiger partial charge in [-0.05, 0) is 36.7 Å². The van der Waals surface area contributed by atoms with E-state index in [1.54, 1.807) is 0 Å². The Labute approximate surface area is 78.6 Å². The lowest BCUT2D eigenvalue weighted by Crippen LogP contribution is -2.31. The van der Waals surface area contributed by atoms with Gasteiger partial charge in [-0.25, -0.2) is 0 Å². The van der Waals surface area contributed by atoms with E-state index in [0.717, 1.165) is 31.3 Å². The predicted molar refractivity (Wildman–Crippen MR) is 50.5 cm³/mol. The minimum Gasteiger partial charge on any atom is -0.504 e. The number of ketones is 1. The van der Waals surface area contributed by atoms with E-state index < -0.39 is 0 Å². The van der Waals surface area contributed by atoms with Gasteiger partial charge in [0.25, 0.3) is 0 Å². The SMILES string of the molecule is CC12CCCCC1=C(O)C(=O)CC2. The lowest BCUT2D eigenvalue weighted by atomic mass is 9.65. The molecule has 1 saturated carbocycles. The number of rotatable bonds is 0. The van der Waals surface area contributed by atoms with Crippen LogP contribution in [0, 0.1) is 5.41 Å². The van der Waals surface area contributed by atoms with Crippen molar-refractivity contribution in [1.29, 1.82) is 0 Å². The Morgan fingerprint density at radius 3 is 2.77 bits per heavy atom. The highest BCUT2D eigenvalue weighted by Gasteiger charge is 2.39. The maximum Gasteiger partial charge on any atom is 0.197 e. The molecule has 2 aliphatic carbocycles. The van der Waals surface area contributed by atoms with Crippen LogP contribution in [0.3, 0.4) is 0 Å². The number of aliphatic hydroxyl groups excluding tert-OH is 1. The fourth-order valence-corrected chi connectivity index (χ4v) is 2.63. The first-order valence-corrected chi connectivity index (χ1v) is 5.09. The molecule has 0 heterocycles. The number of hydrogen-bond donors (Lipinski definition) is 1. The number of carbonyl (C=O) groups excluding carboxylic acids is 1. The Kier molecular flexibility index (Phi) is 1.94. The Bertz CT molecular complexity index is 278. The van der Waals surface area contributed by atoms with Crippen molar-refractivity contribution in [2.24, 2.45) is 5.41 Å². The fourth-order valence-electron chi connectivity index (χ4n) is 2.63. The quantitative estimate of drug-likeness (QED) is 0.622. The van der Waals surface area contributed by atoms with E-state index in [1.165, 1.54) is 6.42 Å². The number of allylic oxidation sites excluding steroid dienone is 2. The lowest BCUT2D eigenvalue weighted by molar-refractivity contribution is -0.119. The predicted octanol–water partition coefficient (Wildman–Crippen LogP) is 2.74. The topological polar surface area (TPSA) is 37.3 Å². The van der Waals surface area contributed by atoms with Gasteiger partial charge in [0.1, 0.15) is 0 Å². The molecule has 2 aliphatic rings. The second kappa shape index (κ2) is 2.86. The Hall–Kier alpha value is -0.790. The standard InChI is InChI=1S/C11H16O2/c1-11-6-3-2-4-8(11)10(13)9(12)5-7-11/h13H,2-7H2,1H3. The van der Waals surface area contributed by atoms with Crippen molar-refractivity contribution in [1.82, 2.24) is 0 Å². The van der Waals surface area contributed by atoms with Gasteiger partial charge in [0, 0.05) is 6.42 Å². The minimum absolute atomic E-state index is 0.0469. The van der Waals surface area contributed by atoms with Gasteiger partial charge >= 0.3 is 0 Å². The molecule has 0 aromatic rings. The van der Waals surface area contributed by atoms with Crippen molar-refractivity contribution in [2.75, 3.05) is 0 Å². The van der Waals surface area contributed by atoms with Gasteiger partial charge in [-0.15, -0.1) is 0 Å². The first-order valence-electron chi connectivity index (χ1n) is 5.09. The van der Waals surface area contributed by atoms with E-state index >= 15 is 0 Å². The molecule has 72 valence electrons. The summed E-state index contributed by atoms with van der Waals surface area (Å²) >= 11 is 0. The highest BCUT2D eigenvalue weighted by Crippen LogP contribution is 2.47. The monoisotopic (exact) mass is 180 g/mol. The molecule has 0 aliphatic heterocycles. The highest BCUT2D eigenvalue weighted by atomic mass is 16.3. The molecule has 0 bridgehead atoms. The zero-order valence-electron chi connectivity index (χ0n) is 8.10. The molecule has 1 fully saturated rings. The molecule has 0 aromatic heterocycles. The van der Waals surface area contributed by atoms with Crippen LogP contribution in [0.5, 0.6) is 0 Å². The van der Waals surface area contributed by atoms with Gasteiger partial charge in [0.2, 0.25) is 0 Å². The number of hydrogen-bond acceptors (Lipinski definition) is 2. The lowest BCUT2D eigenvalue weighted by Gasteiger charge is -2.39. The van der Waals surface area contributed by atoms with Crippen LogP contribution in [-0.4, -0.2) is 10.9 Å². The summed E-state index contributed by atoms with van der Waals surface area (Å²) in [6, 6.07) is 0. The van der Waals surface area contributed by atoms with Crippen molar-refractivity contribution >= 4 is 5.78 Å². The third-order valence-electron chi connectivity index (χ3n) is 3.59. The molecule has 1 atom stereocenters. The van der Waals surface area contributed by atoms with Gasteiger partial charge < -0.3 is 5.11 Å². The minimum atomic E-state index is -0.0469. The smallest absolute Gasteiger partial charge is 0.197 e. The molecule has 2 rings (SSSR count). The molecular formula is C11H16O2. The average Bonchev–Trinajstić information content (AvgIpc) is 2.12. The molecule has 0 saturated heterocycles. The van der Waals surface area contributed by atoms with Crippen molar-refractivity contribution in [3.63, 3.8) is 0 Å². The first kappa shape index (κ1) is 8.79. The Morgan fingerprint density at radius 1 is 1.23 bits per heavy atom. The summed E-state index contributed by atoms with van der Waals surface area (Å²) in [6.07, 6.45) is 5.90. The second-order valence-corrected chi connectivity index (χ2v) is 4.52. The summed E-state index contributed by atoms with van der Waals surface area (Å²) in [7, 11) is 0. The Balaban J connectivity index is 2.40. The fraction of sp³-hybridized carbons (Fsp3) is 0.727. The molecule has 1 unspecified atom stereocenters. The van der Waals surface area contributed by atoms with Crippen LogP contribution in [0.4, 0.5) is 0 Å². The van der Waals surface area contributed by atoms with Gasteiger partial charge in [0.05, 0.1) is 0 Å². The molecule has 2 heteroatoms. The van der Waals surface area contributed by atoms with Crippen LogP contribution in [-0.2, 0) is 4.79 Å². The number of Topliss-reactive ketones (excluding diaryl/α,β-unsaturated/α-hetero) is 1. The number of carbonyl (C=O) groups is 1. The van der Waals surface area contributed by atoms with E-state index in [-0.39, 0.29) is 17.0 Å². The van der Waals surface area contributed by atoms with Crippen molar-refractivity contribution in [3.8, 4) is 0 Å². The maximum atomic E-state index is 11.3. The van der Waals surface area contributed by atoms with E-state index in [2.05, 4.69) is 6.92 Å². The average molecular weight is 180 g/mol. The van der Waals surface area contributed by atoms with Crippen molar-refractivity contribution < 1.29 is 9.90 Å². The Morgan fingerprint density at radius 2 is 2.00 bits per heavy atom.